The van der Waals surface area contributed by atoms with Crippen LogP contribution in [0.25, 0.3) is 10.9 Å². The summed E-state index contributed by atoms with van der Waals surface area (Å²) in [5.74, 6) is 0.127. The largest absolute Gasteiger partial charge is 0.328 e. The molecule has 19 heavy (non-hydrogen) atoms. The number of anilines is 1. The van der Waals surface area contributed by atoms with Gasteiger partial charge in [0.1, 0.15) is 0 Å². The van der Waals surface area contributed by atoms with E-state index in [9.17, 15) is 4.79 Å². The number of aromatic nitrogens is 2. The van der Waals surface area contributed by atoms with Crippen LogP contribution in [0.15, 0.2) is 24.4 Å². The summed E-state index contributed by atoms with van der Waals surface area (Å²) < 4.78 is 0. The average Bonchev–Trinajstić information content (AvgIpc) is 2.86. The van der Waals surface area contributed by atoms with Crippen LogP contribution in [0, 0.1) is 5.92 Å². The Labute approximate surface area is 111 Å². The lowest BCUT2D eigenvalue weighted by Gasteiger charge is -2.25. The molecule has 1 aliphatic carbocycles. The molecule has 0 radical (unpaired) electrons. The molecule has 0 spiro atoms. The number of fused-ring (bicyclic) bond motifs is 1. The number of benzene rings is 1. The second kappa shape index (κ2) is 5.01. The number of nitrogens with one attached hydrogen (secondary N) is 2. The molecule has 1 aromatic heterocycles. The Morgan fingerprint density at radius 2 is 2.32 bits per heavy atom. The van der Waals surface area contributed by atoms with Crippen molar-refractivity contribution in [3.05, 3.63) is 24.4 Å². The summed E-state index contributed by atoms with van der Waals surface area (Å²) in [7, 11) is 0. The number of hydrogen-bond donors (Lipinski definition) is 3. The molecule has 0 saturated heterocycles. The normalized spacial score (nSPS) is 23.4. The van der Waals surface area contributed by atoms with Crippen molar-refractivity contribution in [3.8, 4) is 0 Å². The zero-order valence-corrected chi connectivity index (χ0v) is 10.7. The van der Waals surface area contributed by atoms with Crippen LogP contribution in [-0.4, -0.2) is 22.1 Å². The molecule has 2 atom stereocenters. The number of H-pyrrole nitrogens is 1. The third-order valence-electron chi connectivity index (χ3n) is 3.79. The number of rotatable bonds is 2. The molecule has 0 unspecified atom stereocenters. The number of amides is 1. The molecule has 0 aliphatic heterocycles. The molecule has 1 aromatic carbocycles. The highest BCUT2D eigenvalue weighted by Gasteiger charge is 2.25. The fraction of sp³-hybridized carbons (Fsp3) is 0.429. The molecule has 1 fully saturated rings. The summed E-state index contributed by atoms with van der Waals surface area (Å²) in [5.41, 5.74) is 7.71. The number of carbonyl (C=O) groups is 1. The molecule has 1 aliphatic rings. The van der Waals surface area contributed by atoms with E-state index in [0.29, 0.717) is 0 Å². The fourth-order valence-electron chi connectivity index (χ4n) is 2.73. The van der Waals surface area contributed by atoms with Crippen molar-refractivity contribution in [3.63, 3.8) is 0 Å². The van der Waals surface area contributed by atoms with Crippen LogP contribution in [0.5, 0.6) is 0 Å². The van der Waals surface area contributed by atoms with E-state index < -0.39 is 0 Å². The Bertz CT molecular complexity index is 592. The van der Waals surface area contributed by atoms with Gasteiger partial charge in [-0.3, -0.25) is 9.89 Å². The number of nitrogens with two attached hydrogens (primary N) is 1. The summed E-state index contributed by atoms with van der Waals surface area (Å²) >= 11 is 0. The van der Waals surface area contributed by atoms with Crippen molar-refractivity contribution in [1.29, 1.82) is 0 Å². The van der Waals surface area contributed by atoms with Gasteiger partial charge in [0.05, 0.1) is 11.7 Å². The number of carbonyl (C=O) groups excluding carboxylic acids is 1. The van der Waals surface area contributed by atoms with E-state index in [1.54, 1.807) is 6.20 Å². The molecule has 4 N–H and O–H groups in total. The Morgan fingerprint density at radius 1 is 1.42 bits per heavy atom. The van der Waals surface area contributed by atoms with Crippen molar-refractivity contribution in [1.82, 2.24) is 10.2 Å². The van der Waals surface area contributed by atoms with E-state index in [1.165, 1.54) is 0 Å². The SMILES string of the molecule is N[C@@H]1CCC[C@@H](C(=O)Nc2ccc3[nH]ncc3c2)C1. The fourth-order valence-corrected chi connectivity index (χ4v) is 2.73. The smallest absolute Gasteiger partial charge is 0.227 e. The predicted octanol–water partition coefficient (Wildman–Crippen LogP) is 2.02. The number of aromatic amines is 1. The zero-order chi connectivity index (χ0) is 13.2. The summed E-state index contributed by atoms with van der Waals surface area (Å²) in [5, 5.41) is 10.8. The van der Waals surface area contributed by atoms with Crippen molar-refractivity contribution >= 4 is 22.5 Å². The van der Waals surface area contributed by atoms with E-state index in [1.807, 2.05) is 18.2 Å². The highest BCUT2D eigenvalue weighted by Crippen LogP contribution is 2.25. The van der Waals surface area contributed by atoms with Crippen LogP contribution in [0.2, 0.25) is 0 Å². The average molecular weight is 258 g/mol. The third kappa shape index (κ3) is 2.61. The summed E-state index contributed by atoms with van der Waals surface area (Å²) in [6.07, 6.45) is 5.56. The predicted molar refractivity (Wildman–Crippen MR) is 74.7 cm³/mol. The molecular formula is C14H18N4O. The highest BCUT2D eigenvalue weighted by molar-refractivity contribution is 5.94. The first kappa shape index (κ1) is 12.2. The van der Waals surface area contributed by atoms with Crippen LogP contribution in [-0.2, 0) is 4.79 Å². The maximum absolute atomic E-state index is 12.2. The molecule has 100 valence electrons. The van der Waals surface area contributed by atoms with E-state index >= 15 is 0 Å². The first-order valence-corrected chi connectivity index (χ1v) is 6.72. The van der Waals surface area contributed by atoms with Gasteiger partial charge in [0.15, 0.2) is 0 Å². The number of nitrogens with zero attached hydrogens (tertiary/aromatic N) is 1. The Balaban J connectivity index is 1.71. The van der Waals surface area contributed by atoms with Gasteiger partial charge in [-0.2, -0.15) is 5.10 Å². The quantitative estimate of drug-likeness (QED) is 0.770. The van der Waals surface area contributed by atoms with Crippen molar-refractivity contribution < 1.29 is 4.79 Å². The lowest BCUT2D eigenvalue weighted by Crippen LogP contribution is -2.34. The zero-order valence-electron chi connectivity index (χ0n) is 10.7. The van der Waals surface area contributed by atoms with Crippen LogP contribution in [0.4, 0.5) is 5.69 Å². The Kier molecular flexibility index (Phi) is 3.21. The van der Waals surface area contributed by atoms with E-state index in [4.69, 9.17) is 5.73 Å². The van der Waals surface area contributed by atoms with E-state index in [0.717, 1.165) is 42.3 Å². The van der Waals surface area contributed by atoms with Gasteiger partial charge in [-0.05, 0) is 37.5 Å². The van der Waals surface area contributed by atoms with Crippen LogP contribution in [0.1, 0.15) is 25.7 Å². The lowest BCUT2D eigenvalue weighted by molar-refractivity contribution is -0.120. The molecule has 1 heterocycles. The second-order valence-corrected chi connectivity index (χ2v) is 5.28. The van der Waals surface area contributed by atoms with E-state index in [-0.39, 0.29) is 17.9 Å². The molecule has 2 aromatic rings. The molecule has 0 bridgehead atoms. The van der Waals surface area contributed by atoms with Crippen molar-refractivity contribution in [2.75, 3.05) is 5.32 Å². The molecule has 5 heteroatoms. The maximum Gasteiger partial charge on any atom is 0.227 e. The minimum atomic E-state index is 0.0452. The van der Waals surface area contributed by atoms with Gasteiger partial charge in [0.25, 0.3) is 0 Å². The molecule has 1 saturated carbocycles. The van der Waals surface area contributed by atoms with Gasteiger partial charge >= 0.3 is 0 Å². The summed E-state index contributed by atoms with van der Waals surface area (Å²) in [6.45, 7) is 0. The standard InChI is InChI=1S/C14H18N4O/c15-11-3-1-2-9(6-11)14(19)17-12-4-5-13-10(7-12)8-16-18-13/h4-5,7-9,11H,1-3,6,15H2,(H,16,18)(H,17,19)/t9-,11-/m1/s1. The number of hydrogen-bond acceptors (Lipinski definition) is 3. The van der Waals surface area contributed by atoms with Gasteiger partial charge in [-0.25, -0.2) is 0 Å². The van der Waals surface area contributed by atoms with E-state index in [2.05, 4.69) is 15.5 Å². The molecule has 1 amide bonds. The first-order chi connectivity index (χ1) is 9.22. The first-order valence-electron chi connectivity index (χ1n) is 6.72. The summed E-state index contributed by atoms with van der Waals surface area (Å²) in [4.78, 5) is 12.2. The minimum absolute atomic E-state index is 0.0452. The van der Waals surface area contributed by atoms with Crippen molar-refractivity contribution in [2.45, 2.75) is 31.7 Å². The second-order valence-electron chi connectivity index (χ2n) is 5.28. The molecule has 5 nitrogen and oxygen atoms in total. The Morgan fingerprint density at radius 3 is 3.16 bits per heavy atom. The topological polar surface area (TPSA) is 83.8 Å². The Hall–Kier alpha value is -1.88. The summed E-state index contributed by atoms with van der Waals surface area (Å²) in [6, 6.07) is 5.91. The van der Waals surface area contributed by atoms with Crippen LogP contribution in [0.3, 0.4) is 0 Å². The van der Waals surface area contributed by atoms with Gasteiger partial charge in [0.2, 0.25) is 5.91 Å². The maximum atomic E-state index is 12.2. The molecule has 3 rings (SSSR count). The minimum Gasteiger partial charge on any atom is -0.328 e. The third-order valence-corrected chi connectivity index (χ3v) is 3.79. The van der Waals surface area contributed by atoms with Crippen LogP contribution >= 0.6 is 0 Å². The van der Waals surface area contributed by atoms with Gasteiger partial charge in [-0.1, -0.05) is 6.42 Å². The highest BCUT2D eigenvalue weighted by atomic mass is 16.1. The van der Waals surface area contributed by atoms with Crippen LogP contribution < -0.4 is 11.1 Å². The van der Waals surface area contributed by atoms with Crippen molar-refractivity contribution in [2.24, 2.45) is 11.7 Å². The molecular weight excluding hydrogens is 240 g/mol. The lowest BCUT2D eigenvalue weighted by atomic mass is 9.85. The monoisotopic (exact) mass is 258 g/mol. The van der Waals surface area contributed by atoms with Gasteiger partial charge < -0.3 is 11.1 Å². The van der Waals surface area contributed by atoms with Gasteiger partial charge in [-0.15, -0.1) is 0 Å². The van der Waals surface area contributed by atoms with Gasteiger partial charge in [0, 0.05) is 23.0 Å².